The van der Waals surface area contributed by atoms with Crippen LogP contribution in [0.1, 0.15) is 36.6 Å². The first-order valence-corrected chi connectivity index (χ1v) is 9.24. The molecule has 1 atom stereocenters. The molecule has 0 bridgehead atoms. The molecule has 1 saturated heterocycles. The Balaban J connectivity index is 1.92. The predicted molar refractivity (Wildman–Crippen MR) is 92.8 cm³/mol. The van der Waals surface area contributed by atoms with Crippen molar-refractivity contribution in [3.8, 4) is 17.0 Å². The van der Waals surface area contributed by atoms with Gasteiger partial charge in [0, 0.05) is 23.0 Å². The van der Waals surface area contributed by atoms with Crippen LogP contribution in [-0.2, 0) is 12.7 Å². The number of hydrogen-bond acceptors (Lipinski definition) is 4. The molecule has 1 aliphatic rings. The van der Waals surface area contributed by atoms with Gasteiger partial charge >= 0.3 is 6.18 Å². The first kappa shape index (κ1) is 18.2. The van der Waals surface area contributed by atoms with Crippen LogP contribution in [0.4, 0.5) is 13.2 Å². The summed E-state index contributed by atoms with van der Waals surface area (Å²) in [6.07, 6.45) is -1.01. The van der Waals surface area contributed by atoms with Gasteiger partial charge in [0.2, 0.25) is 0 Å². The molecule has 0 spiro atoms. The van der Waals surface area contributed by atoms with Gasteiger partial charge in [0.1, 0.15) is 5.75 Å². The van der Waals surface area contributed by atoms with Crippen molar-refractivity contribution >= 4 is 11.3 Å². The molecule has 0 saturated carbocycles. The number of benzene rings is 1. The molecule has 1 aliphatic heterocycles. The first-order valence-electron chi connectivity index (χ1n) is 8.36. The first-order chi connectivity index (χ1) is 11.9. The minimum Gasteiger partial charge on any atom is -0.496 e. The molecule has 3 nitrogen and oxygen atoms in total. The highest BCUT2D eigenvalue weighted by Crippen LogP contribution is 2.39. The number of aromatic nitrogens is 1. The number of alkyl halides is 3. The molecule has 1 aromatic carbocycles. The van der Waals surface area contributed by atoms with E-state index in [2.05, 4.69) is 16.8 Å². The third-order valence-corrected chi connectivity index (χ3v) is 5.55. The van der Waals surface area contributed by atoms with Crippen LogP contribution in [0.15, 0.2) is 23.7 Å². The standard InChI is InChI=1S/C18H21F3N2OS/c1-3-13-5-4-8-23(13)10-16-17(22-11-25-16)12-6-7-15(24-2)14(9-12)18(19,20)21/h6-7,9,11,13H,3-5,8,10H2,1-2H3/t13-/m1/s1. The summed E-state index contributed by atoms with van der Waals surface area (Å²) < 4.78 is 44.7. The molecule has 2 heterocycles. The van der Waals surface area contributed by atoms with E-state index >= 15 is 0 Å². The summed E-state index contributed by atoms with van der Waals surface area (Å²) in [5, 5.41) is 0. The van der Waals surface area contributed by atoms with Gasteiger partial charge in [-0.1, -0.05) is 6.92 Å². The summed E-state index contributed by atoms with van der Waals surface area (Å²) >= 11 is 1.50. The van der Waals surface area contributed by atoms with E-state index in [9.17, 15) is 13.2 Å². The maximum atomic E-state index is 13.3. The number of halogens is 3. The molecule has 1 fully saturated rings. The number of ether oxygens (including phenoxy) is 1. The van der Waals surface area contributed by atoms with Crippen LogP contribution in [0.25, 0.3) is 11.3 Å². The van der Waals surface area contributed by atoms with Gasteiger partial charge in [-0.15, -0.1) is 11.3 Å². The van der Waals surface area contributed by atoms with Gasteiger partial charge < -0.3 is 4.74 Å². The van der Waals surface area contributed by atoms with Crippen molar-refractivity contribution in [2.75, 3.05) is 13.7 Å². The molecule has 0 unspecified atom stereocenters. The second-order valence-corrected chi connectivity index (χ2v) is 7.15. The number of rotatable bonds is 5. The Morgan fingerprint density at radius 2 is 2.16 bits per heavy atom. The Labute approximate surface area is 149 Å². The highest BCUT2D eigenvalue weighted by atomic mass is 32.1. The second kappa shape index (κ2) is 7.33. The van der Waals surface area contributed by atoms with Crippen molar-refractivity contribution in [1.29, 1.82) is 0 Å². The fourth-order valence-corrected chi connectivity index (χ4v) is 4.25. The predicted octanol–water partition coefficient (Wildman–Crippen LogP) is 5.21. The maximum Gasteiger partial charge on any atom is 0.419 e. The van der Waals surface area contributed by atoms with Crippen LogP contribution in [0.2, 0.25) is 0 Å². The molecule has 3 rings (SSSR count). The van der Waals surface area contributed by atoms with E-state index in [0.29, 0.717) is 17.3 Å². The largest absolute Gasteiger partial charge is 0.496 e. The topological polar surface area (TPSA) is 25.4 Å². The lowest BCUT2D eigenvalue weighted by Gasteiger charge is -2.23. The molecule has 0 amide bonds. The van der Waals surface area contributed by atoms with E-state index in [1.165, 1.54) is 37.4 Å². The van der Waals surface area contributed by atoms with Crippen molar-refractivity contribution in [2.24, 2.45) is 0 Å². The molecule has 0 N–H and O–H groups in total. The molecule has 0 radical (unpaired) electrons. The van der Waals surface area contributed by atoms with Crippen molar-refractivity contribution in [3.05, 3.63) is 34.2 Å². The number of nitrogens with zero attached hydrogens (tertiary/aromatic N) is 2. The van der Waals surface area contributed by atoms with Crippen LogP contribution in [0.5, 0.6) is 5.75 Å². The molecule has 7 heteroatoms. The van der Waals surface area contributed by atoms with Gasteiger partial charge in [-0.05, 0) is 44.0 Å². The minimum atomic E-state index is -4.46. The minimum absolute atomic E-state index is 0.168. The van der Waals surface area contributed by atoms with E-state index in [4.69, 9.17) is 4.74 Å². The third kappa shape index (κ3) is 3.82. The van der Waals surface area contributed by atoms with Crippen molar-refractivity contribution in [2.45, 2.75) is 44.9 Å². The van der Waals surface area contributed by atoms with E-state index in [1.54, 1.807) is 11.6 Å². The van der Waals surface area contributed by atoms with Crippen molar-refractivity contribution in [1.82, 2.24) is 9.88 Å². The molecule has 2 aromatic rings. The molecule has 1 aromatic heterocycles. The van der Waals surface area contributed by atoms with Gasteiger partial charge in [0.25, 0.3) is 0 Å². The van der Waals surface area contributed by atoms with Crippen LogP contribution >= 0.6 is 11.3 Å². The maximum absolute atomic E-state index is 13.3. The summed E-state index contributed by atoms with van der Waals surface area (Å²) in [4.78, 5) is 7.76. The van der Waals surface area contributed by atoms with Crippen LogP contribution < -0.4 is 4.74 Å². The Bertz CT molecular complexity index is 729. The van der Waals surface area contributed by atoms with Gasteiger partial charge in [0.05, 0.1) is 23.9 Å². The molecule has 136 valence electrons. The summed E-state index contributed by atoms with van der Waals surface area (Å²) in [7, 11) is 1.25. The average molecular weight is 370 g/mol. The quantitative estimate of drug-likeness (QED) is 0.722. The van der Waals surface area contributed by atoms with Gasteiger partial charge in [-0.25, -0.2) is 4.98 Å². The summed E-state index contributed by atoms with van der Waals surface area (Å²) in [6, 6.07) is 4.70. The summed E-state index contributed by atoms with van der Waals surface area (Å²) in [5.74, 6) is -0.168. The lowest BCUT2D eigenvalue weighted by Crippen LogP contribution is -2.28. The Morgan fingerprint density at radius 1 is 1.36 bits per heavy atom. The SMILES string of the molecule is CC[C@@H]1CCCN1Cc1scnc1-c1ccc(OC)c(C(F)(F)F)c1. The van der Waals surface area contributed by atoms with E-state index in [1.807, 2.05) is 0 Å². The number of methoxy groups -OCH3 is 1. The highest BCUT2D eigenvalue weighted by molar-refractivity contribution is 7.10. The number of thiazole rings is 1. The van der Waals surface area contributed by atoms with Crippen LogP contribution in [0, 0.1) is 0 Å². The zero-order chi connectivity index (χ0) is 18.0. The molecule has 0 aliphatic carbocycles. The Hall–Kier alpha value is -1.60. The summed E-state index contributed by atoms with van der Waals surface area (Å²) in [6.45, 7) is 3.95. The normalized spacial score (nSPS) is 18.7. The van der Waals surface area contributed by atoms with E-state index < -0.39 is 11.7 Å². The summed E-state index contributed by atoms with van der Waals surface area (Å²) in [5.41, 5.74) is 2.06. The van der Waals surface area contributed by atoms with Gasteiger partial charge in [-0.2, -0.15) is 13.2 Å². The Morgan fingerprint density at radius 3 is 2.84 bits per heavy atom. The van der Waals surface area contributed by atoms with E-state index in [0.717, 1.165) is 30.5 Å². The fraction of sp³-hybridized carbons (Fsp3) is 0.500. The molecular formula is C18H21F3N2OS. The average Bonchev–Trinajstić information content (AvgIpc) is 3.23. The van der Waals surface area contributed by atoms with Crippen molar-refractivity contribution in [3.63, 3.8) is 0 Å². The lowest BCUT2D eigenvalue weighted by atomic mass is 10.1. The molecule has 25 heavy (non-hydrogen) atoms. The zero-order valence-corrected chi connectivity index (χ0v) is 15.1. The number of hydrogen-bond donors (Lipinski definition) is 0. The lowest BCUT2D eigenvalue weighted by molar-refractivity contribution is -0.138. The van der Waals surface area contributed by atoms with Crippen LogP contribution in [-0.4, -0.2) is 29.6 Å². The van der Waals surface area contributed by atoms with Gasteiger partial charge in [0.15, 0.2) is 0 Å². The smallest absolute Gasteiger partial charge is 0.419 e. The van der Waals surface area contributed by atoms with Gasteiger partial charge in [-0.3, -0.25) is 4.90 Å². The second-order valence-electron chi connectivity index (χ2n) is 6.21. The Kier molecular flexibility index (Phi) is 5.34. The number of likely N-dealkylation sites (tertiary alicyclic amines) is 1. The third-order valence-electron chi connectivity index (χ3n) is 4.74. The fourth-order valence-electron chi connectivity index (χ4n) is 3.45. The van der Waals surface area contributed by atoms with Crippen molar-refractivity contribution < 1.29 is 17.9 Å². The zero-order valence-electron chi connectivity index (χ0n) is 14.3. The molecular weight excluding hydrogens is 349 g/mol. The van der Waals surface area contributed by atoms with Crippen LogP contribution in [0.3, 0.4) is 0 Å². The highest BCUT2D eigenvalue weighted by Gasteiger charge is 2.35. The van der Waals surface area contributed by atoms with E-state index in [-0.39, 0.29) is 5.75 Å². The monoisotopic (exact) mass is 370 g/mol.